The summed E-state index contributed by atoms with van der Waals surface area (Å²) < 4.78 is 20.1. The second-order valence-electron chi connectivity index (χ2n) is 11.5. The third-order valence-corrected chi connectivity index (χ3v) is 9.21. The Morgan fingerprint density at radius 3 is 2.64 bits per heavy atom. The topological polar surface area (TPSA) is 115 Å². The van der Waals surface area contributed by atoms with Gasteiger partial charge in [0.05, 0.1) is 36.9 Å². The van der Waals surface area contributed by atoms with E-state index in [1.54, 1.807) is 41.2 Å². The van der Waals surface area contributed by atoms with E-state index in [4.69, 9.17) is 14.2 Å². The molecule has 1 N–H and O–H groups in total. The number of methoxy groups -OCH3 is 1. The van der Waals surface area contributed by atoms with E-state index in [0.29, 0.717) is 92.2 Å². The maximum absolute atomic E-state index is 13.6. The summed E-state index contributed by atoms with van der Waals surface area (Å²) in [4.78, 5) is 44.4. The number of benzene rings is 2. The second kappa shape index (κ2) is 14.7. The van der Waals surface area contributed by atoms with Gasteiger partial charge < -0.3 is 29.3 Å². The summed E-state index contributed by atoms with van der Waals surface area (Å²) >= 11 is 1.43. The number of aromatic nitrogens is 2. The number of nitrogens with zero attached hydrogens (tertiary/aromatic N) is 4. The predicted molar refractivity (Wildman–Crippen MR) is 178 cm³/mol. The average Bonchev–Trinajstić information content (AvgIpc) is 3.77. The Labute approximate surface area is 278 Å². The Bertz CT molecular complexity index is 1740. The number of carbonyl (C=O) groups excluding carboxylic acids is 3. The summed E-state index contributed by atoms with van der Waals surface area (Å²) in [5, 5.41) is 9.20. The van der Waals surface area contributed by atoms with Crippen molar-refractivity contribution in [2.24, 2.45) is 0 Å². The molecule has 2 aliphatic heterocycles. The molecular weight excluding hydrogens is 618 g/mol. The number of rotatable bonds is 4. The number of nitrogens with one attached hydrogen (secondary N) is 1. The van der Waals surface area contributed by atoms with Gasteiger partial charge in [-0.25, -0.2) is 0 Å². The fraction of sp³-hybridized carbons (Fsp3) is 0.371. The molecule has 0 aliphatic carbocycles. The minimum atomic E-state index is -0.191. The number of thiophene rings is 1. The quantitative estimate of drug-likeness (QED) is 0.325. The molecule has 4 heterocycles. The van der Waals surface area contributed by atoms with E-state index in [2.05, 4.69) is 10.4 Å². The lowest BCUT2D eigenvalue weighted by Crippen LogP contribution is -2.33. The van der Waals surface area contributed by atoms with Crippen LogP contribution in [0.25, 0.3) is 11.1 Å². The van der Waals surface area contributed by atoms with Gasteiger partial charge in [0.15, 0.2) is 11.5 Å². The second-order valence-corrected chi connectivity index (χ2v) is 12.4. The Hall–Kier alpha value is -4.84. The van der Waals surface area contributed by atoms with Gasteiger partial charge in [0.2, 0.25) is 0 Å². The molecule has 2 aliphatic rings. The van der Waals surface area contributed by atoms with Crippen molar-refractivity contribution >= 4 is 29.1 Å². The molecule has 0 radical (unpaired) electrons. The Balaban J connectivity index is 1.35. The van der Waals surface area contributed by atoms with Gasteiger partial charge >= 0.3 is 0 Å². The van der Waals surface area contributed by atoms with Crippen LogP contribution in [0.2, 0.25) is 0 Å². The maximum atomic E-state index is 13.6. The molecule has 4 bridgehead atoms. The average molecular weight is 658 g/mol. The van der Waals surface area contributed by atoms with E-state index < -0.39 is 0 Å². The third kappa shape index (κ3) is 7.27. The lowest BCUT2D eigenvalue weighted by Gasteiger charge is -2.23. The molecule has 2 aromatic heterocycles. The van der Waals surface area contributed by atoms with Crippen LogP contribution < -0.4 is 19.5 Å². The van der Waals surface area contributed by atoms with E-state index in [1.165, 1.54) is 11.3 Å². The van der Waals surface area contributed by atoms with Crippen molar-refractivity contribution in [3.63, 3.8) is 0 Å². The van der Waals surface area contributed by atoms with Gasteiger partial charge in [-0.2, -0.15) is 5.10 Å². The highest BCUT2D eigenvalue weighted by atomic mass is 32.1. The Morgan fingerprint density at radius 1 is 0.979 bits per heavy atom. The highest BCUT2D eigenvalue weighted by molar-refractivity contribution is 7.12. The van der Waals surface area contributed by atoms with Crippen molar-refractivity contribution in [2.45, 2.75) is 39.3 Å². The summed E-state index contributed by atoms with van der Waals surface area (Å²) in [6.45, 7) is 5.55. The van der Waals surface area contributed by atoms with Crippen molar-refractivity contribution in [3.8, 4) is 28.4 Å². The molecule has 2 aromatic carbocycles. The minimum Gasteiger partial charge on any atom is -0.496 e. The molecule has 11 nitrogen and oxygen atoms in total. The lowest BCUT2D eigenvalue weighted by atomic mass is 9.98. The van der Waals surface area contributed by atoms with Crippen molar-refractivity contribution in [3.05, 3.63) is 81.8 Å². The van der Waals surface area contributed by atoms with Crippen LogP contribution in [0.3, 0.4) is 0 Å². The summed E-state index contributed by atoms with van der Waals surface area (Å²) in [5.41, 5.74) is 3.27. The van der Waals surface area contributed by atoms with E-state index in [9.17, 15) is 14.4 Å². The molecule has 4 aromatic rings. The van der Waals surface area contributed by atoms with Crippen molar-refractivity contribution < 1.29 is 28.6 Å². The molecule has 12 heteroatoms. The number of aryl methyl sites for hydroxylation is 1. The highest BCUT2D eigenvalue weighted by Crippen LogP contribution is 2.41. The van der Waals surface area contributed by atoms with E-state index in [-0.39, 0.29) is 17.7 Å². The Morgan fingerprint density at radius 2 is 1.85 bits per heavy atom. The van der Waals surface area contributed by atoms with Crippen LogP contribution in [0.4, 0.5) is 0 Å². The molecule has 6 rings (SSSR count). The lowest BCUT2D eigenvalue weighted by molar-refractivity contribution is 0.0731. The van der Waals surface area contributed by atoms with E-state index >= 15 is 0 Å². The maximum Gasteiger partial charge on any atom is 0.263 e. The first kappa shape index (κ1) is 32.1. The van der Waals surface area contributed by atoms with Crippen LogP contribution in [0.5, 0.6) is 17.2 Å². The van der Waals surface area contributed by atoms with Crippen molar-refractivity contribution in [1.29, 1.82) is 0 Å². The molecule has 47 heavy (non-hydrogen) atoms. The van der Waals surface area contributed by atoms with Crippen LogP contribution in [0.15, 0.2) is 60.2 Å². The zero-order valence-corrected chi connectivity index (χ0v) is 27.5. The van der Waals surface area contributed by atoms with Crippen molar-refractivity contribution in [2.75, 3.05) is 46.5 Å². The van der Waals surface area contributed by atoms with Gasteiger partial charge in [0, 0.05) is 55.6 Å². The summed E-state index contributed by atoms with van der Waals surface area (Å²) in [6.07, 6.45) is 5.44. The SMILES string of the molecule is CCn1cc(C(=O)N2CCOc3c(cc4cc3OCCCN(C(=O)c3cccs3)CCCCNC(=O)c3ccc(OC)c-4c3)C2)cn1. The van der Waals surface area contributed by atoms with Gasteiger partial charge in [0.1, 0.15) is 12.4 Å². The zero-order chi connectivity index (χ0) is 32.8. The number of ether oxygens (including phenoxy) is 3. The van der Waals surface area contributed by atoms with Gasteiger partial charge in [0.25, 0.3) is 17.7 Å². The molecule has 0 saturated carbocycles. The van der Waals surface area contributed by atoms with Crippen LogP contribution in [0.1, 0.15) is 62.1 Å². The van der Waals surface area contributed by atoms with Crippen LogP contribution in [0, 0.1) is 0 Å². The number of carbonyl (C=O) groups is 3. The van der Waals surface area contributed by atoms with E-state index in [0.717, 1.165) is 29.5 Å². The van der Waals surface area contributed by atoms with Gasteiger partial charge in [-0.1, -0.05) is 6.07 Å². The molecular formula is C35H39N5O6S. The minimum absolute atomic E-state index is 0.00138. The summed E-state index contributed by atoms with van der Waals surface area (Å²) in [7, 11) is 1.60. The summed E-state index contributed by atoms with van der Waals surface area (Å²) in [6, 6.07) is 12.9. The monoisotopic (exact) mass is 657 g/mol. The predicted octanol–water partition coefficient (Wildman–Crippen LogP) is 5.11. The standard InChI is InChI=1S/C35H39N5O6S/c1-3-40-23-27(21-37-40)34(42)39-14-16-46-32-26(22-39)18-25-20-30(32)45-15-7-13-38(35(43)31-8-6-17-47-31)12-5-4-11-36-33(41)24-9-10-29(44-2)28(25)19-24/h6,8-10,17-21,23H,3-5,7,11-16,22H2,1-2H3,(H,36,41). The molecule has 0 saturated heterocycles. The summed E-state index contributed by atoms with van der Waals surface area (Å²) in [5.74, 6) is 1.38. The highest BCUT2D eigenvalue weighted by Gasteiger charge is 2.26. The Kier molecular flexibility index (Phi) is 10.1. The number of fused-ring (bicyclic) bond motifs is 7. The molecule has 3 amide bonds. The first-order valence-electron chi connectivity index (χ1n) is 16.0. The van der Waals surface area contributed by atoms with Crippen LogP contribution in [-0.4, -0.2) is 83.8 Å². The smallest absolute Gasteiger partial charge is 0.263 e. The van der Waals surface area contributed by atoms with Gasteiger partial charge in [-0.3, -0.25) is 19.1 Å². The third-order valence-electron chi connectivity index (χ3n) is 8.35. The van der Waals surface area contributed by atoms with Crippen molar-refractivity contribution in [1.82, 2.24) is 24.9 Å². The first-order valence-corrected chi connectivity index (χ1v) is 16.9. The largest absolute Gasteiger partial charge is 0.496 e. The number of hydrogen-bond acceptors (Lipinski definition) is 8. The zero-order valence-electron chi connectivity index (χ0n) is 26.7. The van der Waals surface area contributed by atoms with Gasteiger partial charge in [-0.05, 0) is 73.5 Å². The van der Waals surface area contributed by atoms with E-state index in [1.807, 2.05) is 47.5 Å². The molecule has 0 spiro atoms. The number of amides is 3. The molecule has 0 fully saturated rings. The molecule has 0 atom stereocenters. The molecule has 246 valence electrons. The van der Waals surface area contributed by atoms with Crippen LogP contribution >= 0.6 is 11.3 Å². The number of hydrogen-bond donors (Lipinski definition) is 1. The normalized spacial score (nSPS) is 15.7. The first-order chi connectivity index (χ1) is 22.9. The van der Waals surface area contributed by atoms with Crippen LogP contribution in [-0.2, 0) is 13.1 Å². The molecule has 0 unspecified atom stereocenters. The van der Waals surface area contributed by atoms with Gasteiger partial charge in [-0.15, -0.1) is 11.3 Å². The fourth-order valence-electron chi connectivity index (χ4n) is 5.86. The fourth-order valence-corrected chi connectivity index (χ4v) is 6.56.